The Labute approximate surface area is 77.2 Å². The van der Waals surface area contributed by atoms with Gasteiger partial charge in [-0.05, 0) is 17.5 Å². The molecule has 0 saturated carbocycles. The lowest BCUT2D eigenvalue weighted by molar-refractivity contribution is 0.0500. The molecule has 0 radical (unpaired) electrons. The monoisotopic (exact) mass is 176 g/mol. The Morgan fingerprint density at radius 2 is 2.08 bits per heavy atom. The summed E-state index contributed by atoms with van der Waals surface area (Å²) in [5.41, 5.74) is 2.62. The average Bonchev–Trinajstić information content (AvgIpc) is 2.75. The van der Waals surface area contributed by atoms with Gasteiger partial charge in [-0.2, -0.15) is 0 Å². The molecule has 1 N–H and O–H groups in total. The summed E-state index contributed by atoms with van der Waals surface area (Å²) in [6, 6.07) is 8.34. The van der Waals surface area contributed by atoms with Crippen LogP contribution in [0.3, 0.4) is 0 Å². The van der Waals surface area contributed by atoms with Crippen molar-refractivity contribution in [2.24, 2.45) is 5.92 Å². The number of aliphatic hydroxyl groups is 1. The molecule has 2 heterocycles. The van der Waals surface area contributed by atoms with Crippen LogP contribution in [0.1, 0.15) is 29.8 Å². The molecule has 3 unspecified atom stereocenters. The zero-order valence-electron chi connectivity index (χ0n) is 7.31. The van der Waals surface area contributed by atoms with E-state index in [2.05, 4.69) is 18.2 Å². The van der Waals surface area contributed by atoms with Gasteiger partial charge in [0, 0.05) is 12.5 Å². The normalized spacial score (nSPS) is 35.0. The van der Waals surface area contributed by atoms with Crippen LogP contribution in [0.4, 0.5) is 0 Å². The van der Waals surface area contributed by atoms with Crippen LogP contribution in [0.15, 0.2) is 24.3 Å². The van der Waals surface area contributed by atoms with E-state index >= 15 is 0 Å². The van der Waals surface area contributed by atoms with Crippen LogP contribution in [0.2, 0.25) is 0 Å². The van der Waals surface area contributed by atoms with Gasteiger partial charge < -0.3 is 9.84 Å². The van der Waals surface area contributed by atoms with Crippen LogP contribution in [-0.2, 0) is 4.74 Å². The fourth-order valence-corrected chi connectivity index (χ4v) is 2.50. The second kappa shape index (κ2) is 2.56. The summed E-state index contributed by atoms with van der Waals surface area (Å²) in [6.07, 6.45) is 1.39. The standard InChI is InChI=1S/C11H12O2/c12-6-7-5-10-8-3-1-2-4-9(8)11(7)13-10/h1-4,7,10-12H,5-6H2. The molecule has 2 bridgehead atoms. The highest BCUT2D eigenvalue weighted by molar-refractivity contribution is 5.37. The maximum atomic E-state index is 9.13. The van der Waals surface area contributed by atoms with Crippen molar-refractivity contribution < 1.29 is 9.84 Å². The van der Waals surface area contributed by atoms with Gasteiger partial charge in [-0.25, -0.2) is 0 Å². The molecular formula is C11H12O2. The van der Waals surface area contributed by atoms with Gasteiger partial charge in [-0.1, -0.05) is 24.3 Å². The van der Waals surface area contributed by atoms with Crippen LogP contribution < -0.4 is 0 Å². The Kier molecular flexibility index (Phi) is 1.49. The first kappa shape index (κ1) is 7.54. The minimum Gasteiger partial charge on any atom is -0.396 e. The van der Waals surface area contributed by atoms with Gasteiger partial charge in [0.2, 0.25) is 0 Å². The number of hydrogen-bond donors (Lipinski definition) is 1. The van der Waals surface area contributed by atoms with Crippen molar-refractivity contribution in [3.05, 3.63) is 35.4 Å². The van der Waals surface area contributed by atoms with Crippen LogP contribution in [0, 0.1) is 5.92 Å². The number of fused-ring (bicyclic) bond motifs is 5. The minimum absolute atomic E-state index is 0.159. The lowest BCUT2D eigenvalue weighted by atomic mass is 9.84. The Hall–Kier alpha value is -0.860. The van der Waals surface area contributed by atoms with Crippen LogP contribution in [-0.4, -0.2) is 11.7 Å². The molecule has 2 heteroatoms. The van der Waals surface area contributed by atoms with Crippen molar-refractivity contribution in [1.82, 2.24) is 0 Å². The molecule has 3 atom stereocenters. The summed E-state index contributed by atoms with van der Waals surface area (Å²) in [5, 5.41) is 9.13. The summed E-state index contributed by atoms with van der Waals surface area (Å²) in [7, 11) is 0. The Bertz CT molecular complexity index is 333. The predicted octanol–water partition coefficient (Wildman–Crippen LogP) is 1.81. The van der Waals surface area contributed by atoms with Crippen LogP contribution >= 0.6 is 0 Å². The average molecular weight is 176 g/mol. The highest BCUT2D eigenvalue weighted by Gasteiger charge is 2.44. The quantitative estimate of drug-likeness (QED) is 0.707. The molecule has 1 saturated heterocycles. The van der Waals surface area contributed by atoms with Gasteiger partial charge in [-0.3, -0.25) is 0 Å². The topological polar surface area (TPSA) is 29.5 Å². The molecule has 13 heavy (non-hydrogen) atoms. The molecule has 68 valence electrons. The number of ether oxygens (including phenoxy) is 1. The van der Waals surface area contributed by atoms with E-state index in [9.17, 15) is 0 Å². The Morgan fingerprint density at radius 1 is 1.31 bits per heavy atom. The summed E-state index contributed by atoms with van der Waals surface area (Å²) in [4.78, 5) is 0. The van der Waals surface area contributed by atoms with Gasteiger partial charge in [0.1, 0.15) is 0 Å². The Morgan fingerprint density at radius 3 is 2.85 bits per heavy atom. The first-order valence-corrected chi connectivity index (χ1v) is 4.75. The number of rotatable bonds is 1. The maximum Gasteiger partial charge on any atom is 0.0888 e. The summed E-state index contributed by atoms with van der Waals surface area (Å²) in [6.45, 7) is 0.246. The third-order valence-corrected chi connectivity index (χ3v) is 3.14. The molecule has 1 aromatic rings. The zero-order chi connectivity index (χ0) is 8.84. The molecule has 1 fully saturated rings. The third kappa shape index (κ3) is 0.901. The lowest BCUT2D eigenvalue weighted by Crippen LogP contribution is -2.14. The lowest BCUT2D eigenvalue weighted by Gasteiger charge is -2.18. The van der Waals surface area contributed by atoms with Crippen molar-refractivity contribution in [3.63, 3.8) is 0 Å². The maximum absolute atomic E-state index is 9.13. The second-order valence-electron chi connectivity index (χ2n) is 3.85. The molecule has 0 amide bonds. The number of aliphatic hydroxyl groups excluding tert-OH is 1. The van der Waals surface area contributed by atoms with E-state index in [1.165, 1.54) is 11.1 Å². The third-order valence-electron chi connectivity index (χ3n) is 3.14. The highest BCUT2D eigenvalue weighted by Crippen LogP contribution is 2.53. The molecule has 2 nitrogen and oxygen atoms in total. The molecule has 3 rings (SSSR count). The van der Waals surface area contributed by atoms with Crippen molar-refractivity contribution in [3.8, 4) is 0 Å². The van der Waals surface area contributed by atoms with Crippen molar-refractivity contribution in [2.45, 2.75) is 18.6 Å². The molecule has 0 aliphatic carbocycles. The number of benzene rings is 1. The van der Waals surface area contributed by atoms with E-state index in [-0.39, 0.29) is 18.8 Å². The predicted molar refractivity (Wildman–Crippen MR) is 48.2 cm³/mol. The molecule has 2 aliphatic rings. The first-order chi connectivity index (χ1) is 6.40. The minimum atomic E-state index is 0.159. The van der Waals surface area contributed by atoms with Gasteiger partial charge in [0.25, 0.3) is 0 Å². The van der Waals surface area contributed by atoms with E-state index in [1.807, 2.05) is 6.07 Å². The number of hydrogen-bond acceptors (Lipinski definition) is 2. The van der Waals surface area contributed by atoms with Crippen molar-refractivity contribution in [1.29, 1.82) is 0 Å². The summed E-state index contributed by atoms with van der Waals surface area (Å²) < 4.78 is 5.79. The van der Waals surface area contributed by atoms with Gasteiger partial charge >= 0.3 is 0 Å². The highest BCUT2D eigenvalue weighted by atomic mass is 16.5. The van der Waals surface area contributed by atoms with E-state index in [4.69, 9.17) is 9.84 Å². The Balaban J connectivity index is 2.07. The van der Waals surface area contributed by atoms with E-state index in [0.29, 0.717) is 5.92 Å². The van der Waals surface area contributed by atoms with Gasteiger partial charge in [0.15, 0.2) is 0 Å². The smallest absolute Gasteiger partial charge is 0.0888 e. The van der Waals surface area contributed by atoms with Crippen molar-refractivity contribution >= 4 is 0 Å². The molecule has 1 aromatic carbocycles. The van der Waals surface area contributed by atoms with Crippen LogP contribution in [0.5, 0.6) is 0 Å². The largest absolute Gasteiger partial charge is 0.396 e. The van der Waals surface area contributed by atoms with Crippen molar-refractivity contribution in [2.75, 3.05) is 6.61 Å². The molecule has 0 aromatic heterocycles. The fraction of sp³-hybridized carbons (Fsp3) is 0.455. The SMILES string of the molecule is OCC1CC2OC1c1ccccc12. The summed E-state index contributed by atoms with van der Waals surface area (Å²) in [5.74, 6) is 0.319. The van der Waals surface area contributed by atoms with Gasteiger partial charge in [-0.15, -0.1) is 0 Å². The molecule has 0 spiro atoms. The molecule has 2 aliphatic heterocycles. The van der Waals surface area contributed by atoms with E-state index in [1.54, 1.807) is 0 Å². The van der Waals surface area contributed by atoms with E-state index in [0.717, 1.165) is 6.42 Å². The summed E-state index contributed by atoms with van der Waals surface area (Å²) >= 11 is 0. The second-order valence-corrected chi connectivity index (χ2v) is 3.85. The fourth-order valence-electron chi connectivity index (χ4n) is 2.50. The first-order valence-electron chi connectivity index (χ1n) is 4.75. The molecular weight excluding hydrogens is 164 g/mol. The van der Waals surface area contributed by atoms with Gasteiger partial charge in [0.05, 0.1) is 12.2 Å². The van der Waals surface area contributed by atoms with Crippen LogP contribution in [0.25, 0.3) is 0 Å². The van der Waals surface area contributed by atoms with E-state index < -0.39 is 0 Å². The zero-order valence-corrected chi connectivity index (χ0v) is 7.31.